The summed E-state index contributed by atoms with van der Waals surface area (Å²) in [5, 5.41) is 6.60. The van der Waals surface area contributed by atoms with Crippen molar-refractivity contribution in [1.29, 1.82) is 0 Å². The third kappa shape index (κ3) is 3.98. The maximum Gasteiger partial charge on any atom is 0.0789 e. The van der Waals surface area contributed by atoms with Gasteiger partial charge in [0.15, 0.2) is 0 Å². The van der Waals surface area contributed by atoms with Gasteiger partial charge in [-0.05, 0) is 55.0 Å². The van der Waals surface area contributed by atoms with Crippen LogP contribution in [-0.4, -0.2) is 32.3 Å². The summed E-state index contributed by atoms with van der Waals surface area (Å²) in [5.74, 6) is 0. The van der Waals surface area contributed by atoms with Crippen molar-refractivity contribution in [1.82, 2.24) is 19.7 Å². The number of para-hydroxylation sites is 1. The number of aromatic nitrogens is 3. The smallest absolute Gasteiger partial charge is 0.0789 e. The molecule has 3 heterocycles. The van der Waals surface area contributed by atoms with E-state index in [-0.39, 0.29) is 0 Å². The molecule has 0 unspecified atom stereocenters. The fourth-order valence-electron chi connectivity index (χ4n) is 5.84. The summed E-state index contributed by atoms with van der Waals surface area (Å²) in [6.07, 6.45) is 8.66. The zero-order valence-corrected chi connectivity index (χ0v) is 21.2. The van der Waals surface area contributed by atoms with E-state index in [1.165, 1.54) is 63.1 Å². The van der Waals surface area contributed by atoms with E-state index in [4.69, 9.17) is 5.10 Å². The summed E-state index contributed by atoms with van der Waals surface area (Å²) >= 11 is 0. The molecule has 0 atom stereocenters. The first-order chi connectivity index (χ1) is 16.7. The largest absolute Gasteiger partial charge is 0.361 e. The molecule has 34 heavy (non-hydrogen) atoms. The Hall–Kier alpha value is -2.85. The molecule has 0 bridgehead atoms. The fourth-order valence-corrected chi connectivity index (χ4v) is 5.84. The van der Waals surface area contributed by atoms with Gasteiger partial charge in [0.05, 0.1) is 17.1 Å². The van der Waals surface area contributed by atoms with Crippen molar-refractivity contribution < 1.29 is 0 Å². The van der Waals surface area contributed by atoms with Crippen LogP contribution in [0.2, 0.25) is 0 Å². The Kier molecular flexibility index (Phi) is 6.60. The van der Waals surface area contributed by atoms with Crippen LogP contribution in [-0.2, 0) is 25.8 Å². The average Bonchev–Trinajstić information content (AvgIpc) is 3.48. The minimum Gasteiger partial charge on any atom is -0.361 e. The molecule has 178 valence electrons. The van der Waals surface area contributed by atoms with E-state index in [1.54, 1.807) is 0 Å². The van der Waals surface area contributed by atoms with Crippen LogP contribution >= 0.6 is 0 Å². The van der Waals surface area contributed by atoms with E-state index in [2.05, 4.69) is 84.7 Å². The quantitative estimate of drug-likeness (QED) is 0.309. The van der Waals surface area contributed by atoms with Crippen molar-refractivity contribution in [3.63, 3.8) is 0 Å². The lowest BCUT2D eigenvalue weighted by atomic mass is 9.97. The molecule has 1 aliphatic rings. The first-order valence-electron chi connectivity index (χ1n) is 13.2. The number of hydrogen-bond acceptors (Lipinski definition) is 2. The molecule has 0 radical (unpaired) electrons. The normalized spacial score (nSPS) is 14.3. The zero-order chi connectivity index (χ0) is 23.7. The summed E-state index contributed by atoms with van der Waals surface area (Å²) < 4.78 is 2.32. The Balaban J connectivity index is 1.74. The van der Waals surface area contributed by atoms with E-state index in [1.807, 2.05) is 6.20 Å². The van der Waals surface area contributed by atoms with Gasteiger partial charge in [-0.1, -0.05) is 58.4 Å². The molecule has 4 aromatic rings. The van der Waals surface area contributed by atoms with E-state index < -0.39 is 0 Å². The minimum atomic E-state index is 0.634. The molecule has 2 aromatic heterocycles. The van der Waals surface area contributed by atoms with Crippen molar-refractivity contribution in [2.45, 2.75) is 78.8 Å². The highest BCUT2D eigenvalue weighted by molar-refractivity contribution is 5.85. The molecule has 0 aliphatic carbocycles. The first-order valence-corrected chi connectivity index (χ1v) is 13.2. The molecule has 1 aliphatic heterocycles. The van der Waals surface area contributed by atoms with Gasteiger partial charge in [-0.3, -0.25) is 4.90 Å². The Bertz CT molecular complexity index is 1270. The van der Waals surface area contributed by atoms with Gasteiger partial charge in [0.1, 0.15) is 0 Å². The number of nitrogens with one attached hydrogen (secondary N) is 1. The summed E-state index contributed by atoms with van der Waals surface area (Å²) in [6.45, 7) is 11.3. The van der Waals surface area contributed by atoms with Crippen molar-refractivity contribution >= 4 is 10.9 Å². The van der Waals surface area contributed by atoms with Crippen molar-refractivity contribution in [3.8, 4) is 16.9 Å². The highest BCUT2D eigenvalue weighted by Crippen LogP contribution is 2.37. The van der Waals surface area contributed by atoms with Crippen LogP contribution < -0.4 is 0 Å². The van der Waals surface area contributed by atoms with E-state index in [9.17, 15) is 0 Å². The molecule has 4 heteroatoms. The lowest BCUT2D eigenvalue weighted by molar-refractivity contribution is 0.169. The Labute approximate surface area is 204 Å². The second-order valence-corrected chi connectivity index (χ2v) is 9.68. The highest BCUT2D eigenvalue weighted by Gasteiger charge is 2.29. The third-order valence-electron chi connectivity index (χ3n) is 7.66. The summed E-state index contributed by atoms with van der Waals surface area (Å²) in [5.41, 5.74) is 10.5. The van der Waals surface area contributed by atoms with Crippen molar-refractivity contribution in [2.24, 2.45) is 0 Å². The molecule has 2 aromatic carbocycles. The zero-order valence-electron chi connectivity index (χ0n) is 21.2. The minimum absolute atomic E-state index is 0.634. The van der Waals surface area contributed by atoms with Crippen molar-refractivity contribution in [3.05, 3.63) is 71.0 Å². The van der Waals surface area contributed by atoms with Gasteiger partial charge in [0.2, 0.25) is 0 Å². The maximum absolute atomic E-state index is 5.34. The molecule has 0 saturated heterocycles. The summed E-state index contributed by atoms with van der Waals surface area (Å²) in [6, 6.07) is 16.4. The number of H-pyrrole nitrogens is 1. The van der Waals surface area contributed by atoms with E-state index in [0.717, 1.165) is 38.8 Å². The van der Waals surface area contributed by atoms with Crippen LogP contribution in [0.1, 0.15) is 69.3 Å². The predicted octanol–water partition coefficient (Wildman–Crippen LogP) is 7.08. The van der Waals surface area contributed by atoms with Crippen LogP contribution in [0.25, 0.3) is 27.8 Å². The summed E-state index contributed by atoms with van der Waals surface area (Å²) in [7, 11) is 0. The summed E-state index contributed by atoms with van der Waals surface area (Å²) in [4.78, 5) is 6.04. The lowest BCUT2D eigenvalue weighted by Crippen LogP contribution is -2.38. The molecule has 5 rings (SSSR count). The molecule has 0 fully saturated rings. The van der Waals surface area contributed by atoms with Gasteiger partial charge in [-0.25, -0.2) is 4.68 Å². The van der Waals surface area contributed by atoms with Crippen LogP contribution in [0.4, 0.5) is 0 Å². The predicted molar refractivity (Wildman–Crippen MR) is 143 cm³/mol. The van der Waals surface area contributed by atoms with Crippen LogP contribution in [0, 0.1) is 0 Å². The fraction of sp³-hybridized carbons (Fsp3) is 0.433. The maximum atomic E-state index is 5.34. The number of benzene rings is 2. The molecule has 0 spiro atoms. The standard InChI is InChI=1S/C30H38N4/c1-5-10-22-12-9-11-21(6-2)29(22)34-30(24-13-14-27-23(19-24)15-17-31-27)26-20-33(25(7-3)8-4)18-16-28(26)32-34/h9,11-15,17,19,25,31H,5-8,10,16,18,20H2,1-4H3. The number of aromatic amines is 1. The lowest BCUT2D eigenvalue weighted by Gasteiger charge is -2.33. The molecule has 0 saturated carbocycles. The number of aryl methyl sites for hydroxylation is 2. The Morgan fingerprint density at radius 2 is 1.82 bits per heavy atom. The van der Waals surface area contributed by atoms with Crippen LogP contribution in [0.3, 0.4) is 0 Å². The molecular weight excluding hydrogens is 416 g/mol. The van der Waals surface area contributed by atoms with Gasteiger partial charge in [-0.15, -0.1) is 0 Å². The van der Waals surface area contributed by atoms with Gasteiger partial charge in [0, 0.05) is 53.8 Å². The topological polar surface area (TPSA) is 36.9 Å². The van der Waals surface area contributed by atoms with E-state index >= 15 is 0 Å². The molecule has 1 N–H and O–H groups in total. The molecule has 4 nitrogen and oxygen atoms in total. The van der Waals surface area contributed by atoms with Crippen molar-refractivity contribution in [2.75, 3.05) is 6.54 Å². The van der Waals surface area contributed by atoms with E-state index in [0.29, 0.717) is 6.04 Å². The monoisotopic (exact) mass is 454 g/mol. The number of hydrogen-bond donors (Lipinski definition) is 1. The average molecular weight is 455 g/mol. The van der Waals surface area contributed by atoms with Crippen LogP contribution in [0.15, 0.2) is 48.7 Å². The van der Waals surface area contributed by atoms with Gasteiger partial charge in [-0.2, -0.15) is 5.10 Å². The number of rotatable bonds is 8. The molecular formula is C30H38N4. The molecule has 0 amide bonds. The third-order valence-corrected chi connectivity index (χ3v) is 7.66. The highest BCUT2D eigenvalue weighted by atomic mass is 15.3. The van der Waals surface area contributed by atoms with Gasteiger partial charge < -0.3 is 4.98 Å². The van der Waals surface area contributed by atoms with Gasteiger partial charge in [0.25, 0.3) is 0 Å². The second kappa shape index (κ2) is 9.79. The number of fused-ring (bicyclic) bond motifs is 2. The second-order valence-electron chi connectivity index (χ2n) is 9.68. The first kappa shape index (κ1) is 22.9. The Morgan fingerprint density at radius 3 is 2.59 bits per heavy atom. The van der Waals surface area contributed by atoms with Gasteiger partial charge >= 0.3 is 0 Å². The number of nitrogens with zero attached hydrogens (tertiary/aromatic N) is 3. The SMILES string of the molecule is CCCc1cccc(CC)c1-n1nc2c(c1-c1ccc3[nH]ccc3c1)CN(C(CC)CC)CC2. The van der Waals surface area contributed by atoms with Crippen LogP contribution in [0.5, 0.6) is 0 Å². The Morgan fingerprint density at radius 1 is 1.00 bits per heavy atom.